The van der Waals surface area contributed by atoms with Crippen molar-refractivity contribution in [2.24, 2.45) is 0 Å². The minimum absolute atomic E-state index is 0.0107. The second kappa shape index (κ2) is 10.9. The van der Waals surface area contributed by atoms with Crippen LogP contribution in [0.5, 0.6) is 0 Å². The van der Waals surface area contributed by atoms with Crippen LogP contribution in [0.3, 0.4) is 0 Å². The van der Waals surface area contributed by atoms with Gasteiger partial charge in [-0.05, 0) is 65.8 Å². The van der Waals surface area contributed by atoms with Crippen LogP contribution in [0.15, 0.2) is 109 Å². The van der Waals surface area contributed by atoms with Crippen LogP contribution in [0.4, 0.5) is 8.78 Å². The van der Waals surface area contributed by atoms with Gasteiger partial charge in [-0.15, -0.1) is 0 Å². The van der Waals surface area contributed by atoms with Crippen LogP contribution in [0.1, 0.15) is 41.5 Å². The van der Waals surface area contributed by atoms with Crippen LogP contribution in [-0.2, 0) is 20.4 Å². The fraction of sp³-hybridized carbons (Fsp3) is 0.257. The van der Waals surface area contributed by atoms with Gasteiger partial charge in [0, 0.05) is 25.0 Å². The molecule has 0 radical (unpaired) electrons. The maximum atomic E-state index is 14.3. The maximum absolute atomic E-state index is 14.3. The summed E-state index contributed by atoms with van der Waals surface area (Å²) in [5.41, 5.74) is 2.17. The Morgan fingerprint density at radius 2 is 1.17 bits per heavy atom. The minimum Gasteiger partial charge on any atom is -0.340 e. The molecule has 2 aliphatic heterocycles. The zero-order valence-electron chi connectivity index (χ0n) is 22.8. The number of likely N-dealkylation sites (tertiary alicyclic amines) is 2. The smallest absolute Gasteiger partial charge is 0.242 e. The van der Waals surface area contributed by atoms with Gasteiger partial charge in [0.2, 0.25) is 11.8 Å². The summed E-state index contributed by atoms with van der Waals surface area (Å²) in [6, 6.07) is 32.3. The van der Waals surface area contributed by atoms with E-state index in [0.29, 0.717) is 32.5 Å². The summed E-state index contributed by atoms with van der Waals surface area (Å²) >= 11 is 0. The van der Waals surface area contributed by atoms with Gasteiger partial charge in [-0.25, -0.2) is 8.78 Å². The SMILES string of the molecule is O=C(CN1CCCC(c2ccccc2)(c2ccccc2)C1=O)N1CCC(c2ccc(F)cc2)(c2ccc(F)cc2)C1. The van der Waals surface area contributed by atoms with Gasteiger partial charge in [0.05, 0.1) is 12.0 Å². The molecular formula is C35H32F2N2O2. The van der Waals surface area contributed by atoms with Crippen molar-refractivity contribution in [3.63, 3.8) is 0 Å². The molecule has 0 N–H and O–H groups in total. The molecule has 2 saturated heterocycles. The van der Waals surface area contributed by atoms with Crippen molar-refractivity contribution in [3.05, 3.63) is 143 Å². The van der Waals surface area contributed by atoms with E-state index in [4.69, 9.17) is 0 Å². The summed E-state index contributed by atoms with van der Waals surface area (Å²) in [6.45, 7) is 1.36. The Balaban J connectivity index is 1.28. The molecule has 0 saturated carbocycles. The van der Waals surface area contributed by atoms with Crippen LogP contribution < -0.4 is 0 Å². The molecule has 4 nitrogen and oxygen atoms in total. The Hall–Kier alpha value is -4.32. The highest BCUT2D eigenvalue weighted by molar-refractivity contribution is 5.95. The molecule has 2 fully saturated rings. The molecule has 6 heteroatoms. The summed E-state index contributed by atoms with van der Waals surface area (Å²) in [6.07, 6.45) is 2.06. The summed E-state index contributed by atoms with van der Waals surface area (Å²) < 4.78 is 27.6. The first-order chi connectivity index (χ1) is 19.9. The van der Waals surface area contributed by atoms with Crippen molar-refractivity contribution in [1.82, 2.24) is 9.80 Å². The molecular weight excluding hydrogens is 518 g/mol. The number of hydrogen-bond acceptors (Lipinski definition) is 2. The molecule has 2 amide bonds. The lowest BCUT2D eigenvalue weighted by Gasteiger charge is -2.42. The van der Waals surface area contributed by atoms with E-state index in [9.17, 15) is 18.4 Å². The van der Waals surface area contributed by atoms with E-state index in [-0.39, 0.29) is 30.0 Å². The van der Waals surface area contributed by atoms with Gasteiger partial charge in [-0.1, -0.05) is 84.9 Å². The van der Waals surface area contributed by atoms with Crippen molar-refractivity contribution in [1.29, 1.82) is 0 Å². The van der Waals surface area contributed by atoms with E-state index >= 15 is 0 Å². The zero-order valence-corrected chi connectivity index (χ0v) is 22.8. The zero-order chi connectivity index (χ0) is 28.5. The maximum Gasteiger partial charge on any atom is 0.242 e. The fourth-order valence-corrected chi connectivity index (χ4v) is 6.77. The van der Waals surface area contributed by atoms with Gasteiger partial charge in [0.15, 0.2) is 0 Å². The van der Waals surface area contributed by atoms with Gasteiger partial charge in [0.25, 0.3) is 0 Å². The molecule has 6 rings (SSSR count). The van der Waals surface area contributed by atoms with Crippen molar-refractivity contribution < 1.29 is 18.4 Å². The molecule has 0 spiro atoms. The number of carbonyl (C=O) groups excluding carboxylic acids is 2. The molecule has 0 unspecified atom stereocenters. The van der Waals surface area contributed by atoms with E-state index in [1.807, 2.05) is 60.7 Å². The number of benzene rings is 4. The largest absolute Gasteiger partial charge is 0.340 e. The number of piperidine rings is 1. The lowest BCUT2D eigenvalue weighted by Crippen LogP contribution is -2.54. The molecule has 4 aromatic rings. The lowest BCUT2D eigenvalue weighted by molar-refractivity contribution is -0.145. The van der Waals surface area contributed by atoms with Gasteiger partial charge in [-0.2, -0.15) is 0 Å². The summed E-state index contributed by atoms with van der Waals surface area (Å²) in [7, 11) is 0. The number of rotatable bonds is 6. The van der Waals surface area contributed by atoms with Crippen molar-refractivity contribution in [2.75, 3.05) is 26.2 Å². The lowest BCUT2D eigenvalue weighted by atomic mass is 9.68. The molecule has 0 aromatic heterocycles. The van der Waals surface area contributed by atoms with E-state index in [0.717, 1.165) is 28.7 Å². The molecule has 2 aliphatic rings. The Morgan fingerprint density at radius 1 is 0.659 bits per heavy atom. The number of amides is 2. The first-order valence-electron chi connectivity index (χ1n) is 14.1. The Morgan fingerprint density at radius 3 is 1.68 bits per heavy atom. The first kappa shape index (κ1) is 26.9. The molecule has 41 heavy (non-hydrogen) atoms. The van der Waals surface area contributed by atoms with Gasteiger partial charge >= 0.3 is 0 Å². The standard InChI is InChI=1S/C35H32F2N2O2/c36-30-16-12-26(13-17-30)34(27-14-18-31(37)19-15-27)21-23-39(25-34)32(40)24-38-22-7-20-35(33(38)41,28-8-3-1-4-9-28)29-10-5-2-6-11-29/h1-6,8-19H,7,20-25H2. The third-order valence-corrected chi connectivity index (χ3v) is 8.91. The topological polar surface area (TPSA) is 40.6 Å². The number of nitrogens with zero attached hydrogens (tertiary/aromatic N) is 2. The van der Waals surface area contributed by atoms with Crippen molar-refractivity contribution in [2.45, 2.75) is 30.1 Å². The number of hydrogen-bond donors (Lipinski definition) is 0. The predicted octanol–water partition coefficient (Wildman–Crippen LogP) is 6.09. The minimum atomic E-state index is -0.849. The van der Waals surface area contributed by atoms with Crippen LogP contribution in [0.2, 0.25) is 0 Å². The molecule has 0 aliphatic carbocycles. The second-order valence-corrected chi connectivity index (χ2v) is 11.1. The molecule has 0 atom stereocenters. The van der Waals surface area contributed by atoms with Gasteiger partial charge in [-0.3, -0.25) is 9.59 Å². The van der Waals surface area contributed by atoms with Crippen LogP contribution in [0.25, 0.3) is 0 Å². The summed E-state index contributed by atoms with van der Waals surface area (Å²) in [4.78, 5) is 31.6. The summed E-state index contributed by atoms with van der Waals surface area (Å²) in [5, 5.41) is 0. The quantitative estimate of drug-likeness (QED) is 0.292. The Bertz CT molecular complexity index is 1440. The predicted molar refractivity (Wildman–Crippen MR) is 154 cm³/mol. The highest BCUT2D eigenvalue weighted by atomic mass is 19.1. The Labute approximate surface area is 239 Å². The Kier molecular flexibility index (Phi) is 7.16. The van der Waals surface area contributed by atoms with Crippen LogP contribution in [-0.4, -0.2) is 47.8 Å². The number of halogens is 2. The highest BCUT2D eigenvalue weighted by Gasteiger charge is 2.48. The molecule has 208 valence electrons. The van der Waals surface area contributed by atoms with Crippen molar-refractivity contribution in [3.8, 4) is 0 Å². The van der Waals surface area contributed by atoms with Gasteiger partial charge in [0.1, 0.15) is 11.6 Å². The van der Waals surface area contributed by atoms with E-state index in [1.54, 1.807) is 34.1 Å². The molecule has 2 heterocycles. The normalized spacial score (nSPS) is 18.0. The average molecular weight is 551 g/mol. The average Bonchev–Trinajstić information content (AvgIpc) is 3.47. The highest BCUT2D eigenvalue weighted by Crippen LogP contribution is 2.43. The number of carbonyl (C=O) groups is 2. The monoisotopic (exact) mass is 550 g/mol. The summed E-state index contributed by atoms with van der Waals surface area (Å²) in [5.74, 6) is -0.853. The van der Waals surface area contributed by atoms with E-state index in [2.05, 4.69) is 0 Å². The molecule has 4 aromatic carbocycles. The first-order valence-corrected chi connectivity index (χ1v) is 14.1. The molecule has 0 bridgehead atoms. The second-order valence-electron chi connectivity index (χ2n) is 11.1. The van der Waals surface area contributed by atoms with Gasteiger partial charge < -0.3 is 9.80 Å². The third-order valence-electron chi connectivity index (χ3n) is 8.91. The van der Waals surface area contributed by atoms with E-state index in [1.165, 1.54) is 24.3 Å². The van der Waals surface area contributed by atoms with Crippen LogP contribution in [0, 0.1) is 11.6 Å². The third kappa shape index (κ3) is 4.82. The fourth-order valence-electron chi connectivity index (χ4n) is 6.77. The van der Waals surface area contributed by atoms with Crippen molar-refractivity contribution >= 4 is 11.8 Å². The van der Waals surface area contributed by atoms with E-state index < -0.39 is 10.8 Å². The van der Waals surface area contributed by atoms with Crippen LogP contribution >= 0.6 is 0 Å².